The van der Waals surface area contributed by atoms with Gasteiger partial charge in [-0.15, -0.1) is 0 Å². The molecule has 1 atom stereocenters. The number of carbonyl (C=O) groups excluding carboxylic acids is 1. The molecule has 0 saturated carbocycles. The molecule has 1 unspecified atom stereocenters. The lowest BCUT2D eigenvalue weighted by atomic mass is 10.1. The minimum atomic E-state index is -1.39. The van der Waals surface area contributed by atoms with Crippen molar-refractivity contribution in [3.05, 3.63) is 35.4 Å². The van der Waals surface area contributed by atoms with E-state index in [1.807, 2.05) is 6.92 Å². The molecule has 0 bridgehead atoms. The summed E-state index contributed by atoms with van der Waals surface area (Å²) in [4.78, 5) is 22.5. The summed E-state index contributed by atoms with van der Waals surface area (Å²) in [5.74, 6) is -3.54. The second-order valence-electron chi connectivity index (χ2n) is 4.44. The van der Waals surface area contributed by atoms with E-state index < -0.39 is 29.7 Å². The van der Waals surface area contributed by atoms with Gasteiger partial charge in [0.2, 0.25) is 0 Å². The van der Waals surface area contributed by atoms with E-state index in [-0.39, 0.29) is 18.6 Å². The molecule has 0 fully saturated rings. The Labute approximate surface area is 120 Å². The number of carboxylic acid groups (broad SMARTS) is 1. The normalized spacial score (nSPS) is 11.8. The van der Waals surface area contributed by atoms with Gasteiger partial charge in [-0.25, -0.2) is 18.4 Å². The van der Waals surface area contributed by atoms with Gasteiger partial charge in [-0.2, -0.15) is 0 Å². The molecule has 0 aliphatic heterocycles. The SMILES string of the molecule is CCCCOC(=O)NC(Cc1cccc(F)c1F)C(=O)O. The molecule has 1 rings (SSSR count). The zero-order valence-corrected chi connectivity index (χ0v) is 11.6. The van der Waals surface area contributed by atoms with E-state index in [1.165, 1.54) is 12.1 Å². The van der Waals surface area contributed by atoms with Crippen LogP contribution in [-0.4, -0.2) is 29.8 Å². The molecule has 5 nitrogen and oxygen atoms in total. The number of carboxylic acids is 1. The number of carbonyl (C=O) groups is 2. The average Bonchev–Trinajstić information content (AvgIpc) is 2.43. The number of unbranched alkanes of at least 4 members (excludes halogenated alkanes) is 1. The summed E-state index contributed by atoms with van der Waals surface area (Å²) in [6, 6.07) is 2.07. The Hall–Kier alpha value is -2.18. The Kier molecular flexibility index (Phi) is 6.58. The van der Waals surface area contributed by atoms with Crippen LogP contribution in [0.5, 0.6) is 0 Å². The number of benzene rings is 1. The number of nitrogens with one attached hydrogen (secondary N) is 1. The number of hydrogen-bond acceptors (Lipinski definition) is 3. The molecule has 1 amide bonds. The van der Waals surface area contributed by atoms with Gasteiger partial charge in [-0.1, -0.05) is 25.5 Å². The molecular formula is C14H17F2NO4. The quantitative estimate of drug-likeness (QED) is 0.759. The van der Waals surface area contributed by atoms with Crippen molar-refractivity contribution in [3.8, 4) is 0 Å². The van der Waals surface area contributed by atoms with Crippen LogP contribution in [0.15, 0.2) is 18.2 Å². The molecule has 2 N–H and O–H groups in total. The largest absolute Gasteiger partial charge is 0.480 e. The number of alkyl carbamates (subject to hydrolysis) is 1. The molecule has 1 aromatic rings. The molecule has 21 heavy (non-hydrogen) atoms. The molecule has 0 radical (unpaired) electrons. The Morgan fingerprint density at radius 1 is 1.38 bits per heavy atom. The topological polar surface area (TPSA) is 75.6 Å². The van der Waals surface area contributed by atoms with Crippen molar-refractivity contribution in [2.75, 3.05) is 6.61 Å². The maximum Gasteiger partial charge on any atom is 0.407 e. The smallest absolute Gasteiger partial charge is 0.407 e. The summed E-state index contributed by atoms with van der Waals surface area (Å²) in [5.41, 5.74) is -0.128. The van der Waals surface area contributed by atoms with Crippen LogP contribution in [0, 0.1) is 11.6 Å². The Balaban J connectivity index is 2.68. The van der Waals surface area contributed by atoms with E-state index in [2.05, 4.69) is 5.32 Å². The first-order valence-corrected chi connectivity index (χ1v) is 6.54. The first-order valence-electron chi connectivity index (χ1n) is 6.54. The highest BCUT2D eigenvalue weighted by Gasteiger charge is 2.23. The fourth-order valence-electron chi connectivity index (χ4n) is 1.62. The highest BCUT2D eigenvalue weighted by molar-refractivity contribution is 5.80. The van der Waals surface area contributed by atoms with Crippen LogP contribution < -0.4 is 5.32 Å². The molecule has 0 aliphatic carbocycles. The van der Waals surface area contributed by atoms with Crippen LogP contribution in [0.3, 0.4) is 0 Å². The number of halogens is 2. The van der Waals surface area contributed by atoms with E-state index in [1.54, 1.807) is 0 Å². The molecule has 0 saturated heterocycles. The molecule has 0 spiro atoms. The first-order chi connectivity index (χ1) is 9.95. The van der Waals surface area contributed by atoms with Crippen LogP contribution in [0.2, 0.25) is 0 Å². The lowest BCUT2D eigenvalue weighted by Crippen LogP contribution is -2.42. The highest BCUT2D eigenvalue weighted by Crippen LogP contribution is 2.13. The van der Waals surface area contributed by atoms with E-state index in [9.17, 15) is 18.4 Å². The van der Waals surface area contributed by atoms with Crippen molar-refractivity contribution < 1.29 is 28.2 Å². The predicted molar refractivity (Wildman–Crippen MR) is 70.9 cm³/mol. The van der Waals surface area contributed by atoms with E-state index >= 15 is 0 Å². The van der Waals surface area contributed by atoms with Gasteiger partial charge in [-0.3, -0.25) is 0 Å². The van der Waals surface area contributed by atoms with Crippen molar-refractivity contribution in [2.24, 2.45) is 0 Å². The third-order valence-electron chi connectivity index (χ3n) is 2.78. The van der Waals surface area contributed by atoms with Crippen LogP contribution >= 0.6 is 0 Å². The Bertz CT molecular complexity index is 508. The van der Waals surface area contributed by atoms with E-state index in [0.717, 1.165) is 12.5 Å². The zero-order chi connectivity index (χ0) is 15.8. The summed E-state index contributed by atoms with van der Waals surface area (Å²) in [5, 5.41) is 11.1. The van der Waals surface area contributed by atoms with E-state index in [0.29, 0.717) is 6.42 Å². The Morgan fingerprint density at radius 3 is 2.71 bits per heavy atom. The fraction of sp³-hybridized carbons (Fsp3) is 0.429. The Morgan fingerprint density at radius 2 is 2.10 bits per heavy atom. The van der Waals surface area contributed by atoms with Gasteiger partial charge in [0.25, 0.3) is 0 Å². The number of ether oxygens (including phenoxy) is 1. The summed E-state index contributed by atoms with van der Waals surface area (Å²) in [6.07, 6.45) is 0.211. The lowest BCUT2D eigenvalue weighted by molar-refractivity contribution is -0.139. The van der Waals surface area contributed by atoms with Crippen LogP contribution in [0.4, 0.5) is 13.6 Å². The van der Waals surface area contributed by atoms with Gasteiger partial charge in [0.05, 0.1) is 6.61 Å². The van der Waals surface area contributed by atoms with E-state index in [4.69, 9.17) is 9.84 Å². The standard InChI is InChI=1S/C14H17F2NO4/c1-2-3-7-21-14(20)17-11(13(18)19)8-9-5-4-6-10(15)12(9)16/h4-6,11H,2-3,7-8H2,1H3,(H,17,20)(H,18,19). The van der Waals surface area contributed by atoms with Crippen molar-refractivity contribution in [1.29, 1.82) is 0 Å². The van der Waals surface area contributed by atoms with Crippen molar-refractivity contribution >= 4 is 12.1 Å². The summed E-state index contributed by atoms with van der Waals surface area (Å²) in [6.45, 7) is 2.08. The predicted octanol–water partition coefficient (Wildman–Crippen LogP) is 2.49. The molecule has 0 aromatic heterocycles. The third kappa shape index (κ3) is 5.37. The third-order valence-corrected chi connectivity index (χ3v) is 2.78. The van der Waals surface area contributed by atoms with Crippen molar-refractivity contribution in [1.82, 2.24) is 5.32 Å². The fourth-order valence-corrected chi connectivity index (χ4v) is 1.62. The highest BCUT2D eigenvalue weighted by atomic mass is 19.2. The zero-order valence-electron chi connectivity index (χ0n) is 11.6. The second-order valence-corrected chi connectivity index (χ2v) is 4.44. The summed E-state index contributed by atoms with van der Waals surface area (Å²) in [7, 11) is 0. The molecular weight excluding hydrogens is 284 g/mol. The van der Waals surface area contributed by atoms with Crippen molar-refractivity contribution in [2.45, 2.75) is 32.2 Å². The average molecular weight is 301 g/mol. The molecule has 116 valence electrons. The van der Waals surface area contributed by atoms with Crippen molar-refractivity contribution in [3.63, 3.8) is 0 Å². The maximum atomic E-state index is 13.5. The van der Waals surface area contributed by atoms with Gasteiger partial charge in [0.1, 0.15) is 6.04 Å². The summed E-state index contributed by atoms with van der Waals surface area (Å²) >= 11 is 0. The monoisotopic (exact) mass is 301 g/mol. The van der Waals surface area contributed by atoms with Crippen LogP contribution in [0.25, 0.3) is 0 Å². The number of aliphatic carboxylic acids is 1. The lowest BCUT2D eigenvalue weighted by Gasteiger charge is -2.15. The first kappa shape index (κ1) is 16.9. The molecule has 1 aromatic carbocycles. The van der Waals surface area contributed by atoms with Gasteiger partial charge >= 0.3 is 12.1 Å². The van der Waals surface area contributed by atoms with Crippen LogP contribution in [-0.2, 0) is 16.0 Å². The molecule has 7 heteroatoms. The van der Waals surface area contributed by atoms with Crippen LogP contribution in [0.1, 0.15) is 25.3 Å². The minimum Gasteiger partial charge on any atom is -0.480 e. The number of hydrogen-bond donors (Lipinski definition) is 2. The van der Waals surface area contributed by atoms with Gasteiger partial charge in [0, 0.05) is 6.42 Å². The number of amides is 1. The van der Waals surface area contributed by atoms with Gasteiger partial charge < -0.3 is 15.2 Å². The maximum absolute atomic E-state index is 13.5. The minimum absolute atomic E-state index is 0.128. The molecule has 0 heterocycles. The number of rotatable bonds is 7. The summed E-state index contributed by atoms with van der Waals surface area (Å²) < 4.78 is 31.3. The second kappa shape index (κ2) is 8.18. The molecule has 0 aliphatic rings. The van der Waals surface area contributed by atoms with Gasteiger partial charge in [0.15, 0.2) is 11.6 Å². The van der Waals surface area contributed by atoms with Gasteiger partial charge in [-0.05, 0) is 18.1 Å².